The largest absolute Gasteiger partial charge is 0.461 e. The molecule has 3 aromatic rings. The van der Waals surface area contributed by atoms with Gasteiger partial charge in [-0.3, -0.25) is 4.98 Å². The van der Waals surface area contributed by atoms with E-state index in [1.54, 1.807) is 6.92 Å². The number of para-hydroxylation sites is 1. The van der Waals surface area contributed by atoms with Crippen LogP contribution in [0.2, 0.25) is 0 Å². The molecule has 1 atom stereocenters. The molecule has 2 heterocycles. The maximum Gasteiger partial charge on any atom is 0.147 e. The number of hydrogen-bond acceptors (Lipinski definition) is 3. The molecule has 96 valence electrons. The van der Waals surface area contributed by atoms with Gasteiger partial charge in [-0.1, -0.05) is 18.2 Å². The molecule has 19 heavy (non-hydrogen) atoms. The van der Waals surface area contributed by atoms with Crippen LogP contribution in [0.4, 0.5) is 4.39 Å². The summed E-state index contributed by atoms with van der Waals surface area (Å²) in [6, 6.07) is 8.86. The Bertz CT molecular complexity index is 736. The molecule has 0 saturated heterocycles. The summed E-state index contributed by atoms with van der Waals surface area (Å²) < 4.78 is 19.3. The summed E-state index contributed by atoms with van der Waals surface area (Å²) >= 11 is 0. The number of benzene rings is 1. The topological polar surface area (TPSA) is 46.3 Å². The van der Waals surface area contributed by atoms with Gasteiger partial charge in [-0.25, -0.2) is 4.39 Å². The highest BCUT2D eigenvalue weighted by atomic mass is 19.1. The number of furan rings is 1. The number of halogens is 1. The first kappa shape index (κ1) is 11.9. The molecular formula is C15H12FNO2. The van der Waals surface area contributed by atoms with Crippen molar-refractivity contribution in [2.24, 2.45) is 0 Å². The molecule has 3 nitrogen and oxygen atoms in total. The average Bonchev–Trinajstić information content (AvgIpc) is 2.74. The molecule has 0 aliphatic heterocycles. The van der Waals surface area contributed by atoms with Crippen molar-refractivity contribution in [2.45, 2.75) is 13.0 Å². The van der Waals surface area contributed by atoms with Crippen molar-refractivity contribution in [2.75, 3.05) is 0 Å². The van der Waals surface area contributed by atoms with Gasteiger partial charge in [-0.05, 0) is 19.1 Å². The minimum Gasteiger partial charge on any atom is -0.461 e. The summed E-state index contributed by atoms with van der Waals surface area (Å²) in [7, 11) is 0. The van der Waals surface area contributed by atoms with E-state index in [2.05, 4.69) is 4.98 Å². The number of aromatic nitrogens is 1. The van der Waals surface area contributed by atoms with E-state index in [4.69, 9.17) is 4.42 Å². The zero-order valence-electron chi connectivity index (χ0n) is 10.3. The highest BCUT2D eigenvalue weighted by Gasteiger charge is 2.22. The Morgan fingerprint density at radius 3 is 2.84 bits per heavy atom. The maximum atomic E-state index is 13.7. The Morgan fingerprint density at radius 1 is 1.26 bits per heavy atom. The Labute approximate surface area is 109 Å². The van der Waals surface area contributed by atoms with E-state index in [1.165, 1.54) is 12.3 Å². The molecule has 0 spiro atoms. The Kier molecular flexibility index (Phi) is 2.80. The smallest absolute Gasteiger partial charge is 0.147 e. The lowest BCUT2D eigenvalue weighted by Gasteiger charge is -2.11. The van der Waals surface area contributed by atoms with Crippen molar-refractivity contribution in [1.29, 1.82) is 0 Å². The molecular weight excluding hydrogens is 245 g/mol. The Balaban J connectivity index is 2.19. The number of rotatable bonds is 2. The standard InChI is InChI=1S/C15H12FNO2/c1-9-14(11-4-2-3-5-13(11)19-9)15(18)10-6-7-17-8-12(10)16/h2-8,15,18H,1H3. The van der Waals surface area contributed by atoms with E-state index in [-0.39, 0.29) is 5.56 Å². The van der Waals surface area contributed by atoms with Crippen LogP contribution in [0.3, 0.4) is 0 Å². The van der Waals surface area contributed by atoms with Gasteiger partial charge in [0, 0.05) is 22.7 Å². The van der Waals surface area contributed by atoms with E-state index < -0.39 is 11.9 Å². The zero-order valence-corrected chi connectivity index (χ0v) is 10.3. The molecule has 0 radical (unpaired) electrons. The van der Waals surface area contributed by atoms with Crippen molar-refractivity contribution in [1.82, 2.24) is 4.98 Å². The van der Waals surface area contributed by atoms with Crippen LogP contribution in [0, 0.1) is 12.7 Å². The quantitative estimate of drug-likeness (QED) is 0.765. The van der Waals surface area contributed by atoms with E-state index in [9.17, 15) is 9.50 Å². The van der Waals surface area contributed by atoms with Gasteiger partial charge >= 0.3 is 0 Å². The van der Waals surface area contributed by atoms with E-state index >= 15 is 0 Å². The minimum absolute atomic E-state index is 0.199. The van der Waals surface area contributed by atoms with Crippen LogP contribution in [0.15, 0.2) is 47.1 Å². The highest BCUT2D eigenvalue weighted by Crippen LogP contribution is 2.34. The summed E-state index contributed by atoms with van der Waals surface area (Å²) in [6.07, 6.45) is 1.49. The zero-order chi connectivity index (χ0) is 13.4. The van der Waals surface area contributed by atoms with Gasteiger partial charge in [0.05, 0.1) is 6.20 Å². The number of fused-ring (bicyclic) bond motifs is 1. The van der Waals surface area contributed by atoms with Crippen molar-refractivity contribution in [3.05, 3.63) is 65.4 Å². The van der Waals surface area contributed by atoms with Gasteiger partial charge < -0.3 is 9.52 Å². The molecule has 1 unspecified atom stereocenters. The highest BCUT2D eigenvalue weighted by molar-refractivity contribution is 5.83. The third kappa shape index (κ3) is 1.90. The second-order valence-corrected chi connectivity index (χ2v) is 4.37. The number of nitrogens with zero attached hydrogens (tertiary/aromatic N) is 1. The van der Waals surface area contributed by atoms with Gasteiger partial charge in [-0.15, -0.1) is 0 Å². The predicted molar refractivity (Wildman–Crippen MR) is 69.2 cm³/mol. The molecule has 4 heteroatoms. The monoisotopic (exact) mass is 257 g/mol. The maximum absolute atomic E-state index is 13.7. The molecule has 0 aliphatic rings. The second-order valence-electron chi connectivity index (χ2n) is 4.37. The van der Waals surface area contributed by atoms with E-state index in [0.717, 1.165) is 11.6 Å². The first-order valence-corrected chi connectivity index (χ1v) is 5.94. The van der Waals surface area contributed by atoms with Gasteiger partial charge in [0.15, 0.2) is 0 Å². The van der Waals surface area contributed by atoms with E-state index in [0.29, 0.717) is 16.9 Å². The SMILES string of the molecule is Cc1oc2ccccc2c1C(O)c1ccncc1F. The van der Waals surface area contributed by atoms with Crippen LogP contribution in [0.25, 0.3) is 11.0 Å². The molecule has 0 amide bonds. The summed E-state index contributed by atoms with van der Waals surface area (Å²) in [5.41, 5.74) is 1.48. The van der Waals surface area contributed by atoms with Gasteiger partial charge in [0.2, 0.25) is 0 Å². The first-order valence-electron chi connectivity index (χ1n) is 5.94. The molecule has 0 fully saturated rings. The number of hydrogen-bond donors (Lipinski definition) is 1. The Hall–Kier alpha value is -2.20. The lowest BCUT2D eigenvalue weighted by molar-refractivity contribution is 0.213. The van der Waals surface area contributed by atoms with Gasteiger partial charge in [-0.2, -0.15) is 0 Å². The van der Waals surface area contributed by atoms with Crippen LogP contribution < -0.4 is 0 Å². The third-order valence-corrected chi connectivity index (χ3v) is 3.19. The fourth-order valence-electron chi connectivity index (χ4n) is 2.29. The van der Waals surface area contributed by atoms with Crippen molar-refractivity contribution in [3.63, 3.8) is 0 Å². The third-order valence-electron chi connectivity index (χ3n) is 3.19. The molecule has 1 N–H and O–H groups in total. The van der Waals surface area contributed by atoms with Crippen LogP contribution in [-0.2, 0) is 0 Å². The summed E-state index contributed by atoms with van der Waals surface area (Å²) in [4.78, 5) is 3.68. The molecule has 2 aromatic heterocycles. The molecule has 3 rings (SSSR count). The Morgan fingerprint density at radius 2 is 2.05 bits per heavy atom. The summed E-state index contributed by atoms with van der Waals surface area (Å²) in [5, 5.41) is 11.2. The number of aliphatic hydroxyl groups is 1. The van der Waals surface area contributed by atoms with Crippen LogP contribution >= 0.6 is 0 Å². The fraction of sp³-hybridized carbons (Fsp3) is 0.133. The van der Waals surface area contributed by atoms with Crippen LogP contribution in [-0.4, -0.2) is 10.1 Å². The van der Waals surface area contributed by atoms with Crippen LogP contribution in [0.5, 0.6) is 0 Å². The molecule has 0 bridgehead atoms. The lowest BCUT2D eigenvalue weighted by Crippen LogP contribution is -2.03. The summed E-state index contributed by atoms with van der Waals surface area (Å²) in [6.45, 7) is 1.76. The first-order chi connectivity index (χ1) is 9.18. The molecule has 0 saturated carbocycles. The van der Waals surface area contributed by atoms with Crippen molar-refractivity contribution < 1.29 is 13.9 Å². The lowest BCUT2D eigenvalue weighted by atomic mass is 9.99. The predicted octanol–water partition coefficient (Wildman–Crippen LogP) is 3.36. The summed E-state index contributed by atoms with van der Waals surface area (Å²) in [5.74, 6) is 0.0598. The number of aryl methyl sites for hydroxylation is 1. The number of aliphatic hydroxyl groups excluding tert-OH is 1. The molecule has 1 aromatic carbocycles. The normalized spacial score (nSPS) is 12.8. The van der Waals surface area contributed by atoms with Crippen molar-refractivity contribution in [3.8, 4) is 0 Å². The second kappa shape index (κ2) is 4.48. The van der Waals surface area contributed by atoms with E-state index in [1.807, 2.05) is 24.3 Å². The van der Waals surface area contributed by atoms with Crippen molar-refractivity contribution >= 4 is 11.0 Å². The van der Waals surface area contributed by atoms with Gasteiger partial charge in [0.1, 0.15) is 23.3 Å². The fourth-order valence-corrected chi connectivity index (χ4v) is 2.29. The minimum atomic E-state index is -1.06. The average molecular weight is 257 g/mol. The van der Waals surface area contributed by atoms with Crippen LogP contribution in [0.1, 0.15) is 23.0 Å². The number of pyridine rings is 1. The molecule has 0 aliphatic carbocycles. The van der Waals surface area contributed by atoms with Gasteiger partial charge in [0.25, 0.3) is 0 Å².